The van der Waals surface area contributed by atoms with Gasteiger partial charge in [0.05, 0.1) is 0 Å². The van der Waals surface area contributed by atoms with Crippen LogP contribution in [0.2, 0.25) is 0 Å². The normalized spacial score (nSPS) is 10.2. The summed E-state index contributed by atoms with van der Waals surface area (Å²) in [5.74, 6) is 0.309. The number of hydrogen-bond acceptors (Lipinski definition) is 3. The molecule has 0 aliphatic carbocycles. The first kappa shape index (κ1) is 11.9. The van der Waals surface area contributed by atoms with E-state index in [-0.39, 0.29) is 0 Å². The van der Waals surface area contributed by atoms with E-state index < -0.39 is 0 Å². The van der Waals surface area contributed by atoms with Crippen LogP contribution in [0.4, 0.5) is 5.69 Å². The summed E-state index contributed by atoms with van der Waals surface area (Å²) in [5.41, 5.74) is 6.47. The van der Waals surface area contributed by atoms with Crippen LogP contribution in [0.15, 0.2) is 24.3 Å². The Balaban J connectivity index is 2.07. The summed E-state index contributed by atoms with van der Waals surface area (Å²) in [6.07, 6.45) is 4.73. The van der Waals surface area contributed by atoms with Crippen LogP contribution >= 0.6 is 0 Å². The molecule has 0 spiro atoms. The second-order valence-electron chi connectivity index (χ2n) is 3.68. The number of anilines is 1. The van der Waals surface area contributed by atoms with Crippen molar-refractivity contribution in [1.82, 2.24) is 0 Å². The molecule has 0 unspecified atom stereocenters. The van der Waals surface area contributed by atoms with Crippen LogP contribution < -0.4 is 11.1 Å². The van der Waals surface area contributed by atoms with E-state index >= 15 is 0 Å². The van der Waals surface area contributed by atoms with E-state index in [1.807, 2.05) is 12.1 Å². The number of aromatic hydroxyl groups is 1. The van der Waals surface area contributed by atoms with Crippen LogP contribution in [-0.2, 0) is 0 Å². The van der Waals surface area contributed by atoms with E-state index in [0.29, 0.717) is 5.75 Å². The molecule has 3 nitrogen and oxygen atoms in total. The third kappa shape index (κ3) is 5.27. The highest BCUT2D eigenvalue weighted by Gasteiger charge is 1.92. The predicted octanol–water partition coefficient (Wildman–Crippen LogP) is 2.32. The lowest BCUT2D eigenvalue weighted by molar-refractivity contribution is 0.475. The molecule has 4 N–H and O–H groups in total. The van der Waals surface area contributed by atoms with E-state index in [4.69, 9.17) is 10.8 Å². The van der Waals surface area contributed by atoms with Gasteiger partial charge in [-0.05, 0) is 43.7 Å². The third-order valence-corrected chi connectivity index (χ3v) is 2.33. The van der Waals surface area contributed by atoms with E-state index in [0.717, 1.165) is 25.2 Å². The minimum absolute atomic E-state index is 0.309. The number of rotatable bonds is 7. The van der Waals surface area contributed by atoms with Crippen molar-refractivity contribution in [3.05, 3.63) is 24.3 Å². The van der Waals surface area contributed by atoms with Crippen molar-refractivity contribution in [3.63, 3.8) is 0 Å². The number of unbranched alkanes of at least 4 members (excludes halogenated alkanes) is 3. The van der Waals surface area contributed by atoms with Crippen LogP contribution in [0.1, 0.15) is 25.7 Å². The Hall–Kier alpha value is -1.22. The molecule has 0 aliphatic heterocycles. The Morgan fingerprint density at radius 3 is 2.33 bits per heavy atom. The molecule has 0 aromatic heterocycles. The Morgan fingerprint density at radius 1 is 1.00 bits per heavy atom. The van der Waals surface area contributed by atoms with E-state index in [9.17, 15) is 0 Å². The standard InChI is InChI=1S/C12H20N2O/c13-9-3-1-2-4-10-14-11-5-7-12(15)8-6-11/h5-8,14-15H,1-4,9-10,13H2. The lowest BCUT2D eigenvalue weighted by Gasteiger charge is -2.05. The van der Waals surface area contributed by atoms with Crippen molar-refractivity contribution in [2.45, 2.75) is 25.7 Å². The zero-order valence-electron chi connectivity index (χ0n) is 9.08. The molecule has 0 saturated heterocycles. The fraction of sp³-hybridized carbons (Fsp3) is 0.500. The maximum Gasteiger partial charge on any atom is 0.115 e. The van der Waals surface area contributed by atoms with Gasteiger partial charge in [0.2, 0.25) is 0 Å². The van der Waals surface area contributed by atoms with E-state index in [1.165, 1.54) is 19.3 Å². The predicted molar refractivity (Wildman–Crippen MR) is 64.1 cm³/mol. The fourth-order valence-corrected chi connectivity index (χ4v) is 1.43. The monoisotopic (exact) mass is 208 g/mol. The van der Waals surface area contributed by atoms with Crippen molar-refractivity contribution >= 4 is 5.69 Å². The van der Waals surface area contributed by atoms with Crippen LogP contribution in [-0.4, -0.2) is 18.2 Å². The quantitative estimate of drug-likeness (QED) is 0.476. The van der Waals surface area contributed by atoms with Gasteiger partial charge < -0.3 is 16.2 Å². The molecule has 15 heavy (non-hydrogen) atoms. The smallest absolute Gasteiger partial charge is 0.115 e. The molecule has 84 valence electrons. The second kappa shape index (κ2) is 7.12. The van der Waals surface area contributed by atoms with E-state index in [1.54, 1.807) is 12.1 Å². The number of phenols is 1. The van der Waals surface area contributed by atoms with Crippen LogP contribution in [0, 0.1) is 0 Å². The maximum absolute atomic E-state index is 9.09. The third-order valence-electron chi connectivity index (χ3n) is 2.33. The summed E-state index contributed by atoms with van der Waals surface area (Å²) in [4.78, 5) is 0. The van der Waals surface area contributed by atoms with Gasteiger partial charge in [0.15, 0.2) is 0 Å². The first-order valence-corrected chi connectivity index (χ1v) is 5.56. The molecule has 0 radical (unpaired) electrons. The number of benzene rings is 1. The van der Waals surface area contributed by atoms with Gasteiger partial charge in [-0.3, -0.25) is 0 Å². The van der Waals surface area contributed by atoms with Crippen molar-refractivity contribution in [2.75, 3.05) is 18.4 Å². The van der Waals surface area contributed by atoms with Gasteiger partial charge in [-0.2, -0.15) is 0 Å². The van der Waals surface area contributed by atoms with Gasteiger partial charge in [-0.25, -0.2) is 0 Å². The van der Waals surface area contributed by atoms with Gasteiger partial charge >= 0.3 is 0 Å². The van der Waals surface area contributed by atoms with E-state index in [2.05, 4.69) is 5.32 Å². The molecule has 0 amide bonds. The lowest BCUT2D eigenvalue weighted by Crippen LogP contribution is -2.02. The molecule has 0 bridgehead atoms. The molecule has 1 aromatic carbocycles. The van der Waals surface area contributed by atoms with Crippen LogP contribution in [0.25, 0.3) is 0 Å². The Morgan fingerprint density at radius 2 is 1.67 bits per heavy atom. The van der Waals surface area contributed by atoms with Gasteiger partial charge in [0.25, 0.3) is 0 Å². The zero-order chi connectivity index (χ0) is 10.9. The number of hydrogen-bond donors (Lipinski definition) is 3. The molecule has 0 aliphatic rings. The lowest BCUT2D eigenvalue weighted by atomic mass is 10.2. The minimum atomic E-state index is 0.309. The van der Waals surface area contributed by atoms with Crippen molar-refractivity contribution < 1.29 is 5.11 Å². The zero-order valence-corrected chi connectivity index (χ0v) is 9.08. The largest absolute Gasteiger partial charge is 0.508 e. The summed E-state index contributed by atoms with van der Waals surface area (Å²) in [6.45, 7) is 1.78. The molecular weight excluding hydrogens is 188 g/mol. The molecule has 0 fully saturated rings. The molecular formula is C12H20N2O. The SMILES string of the molecule is NCCCCCCNc1ccc(O)cc1. The van der Waals surface area contributed by atoms with Crippen LogP contribution in [0.3, 0.4) is 0 Å². The average molecular weight is 208 g/mol. The Labute approximate surface area is 91.3 Å². The molecule has 0 saturated carbocycles. The molecule has 1 rings (SSSR count). The summed E-state index contributed by atoms with van der Waals surface area (Å²) in [5, 5.41) is 12.4. The van der Waals surface area contributed by atoms with Crippen LogP contribution in [0.5, 0.6) is 5.75 Å². The Bertz CT molecular complexity index is 259. The maximum atomic E-state index is 9.09. The number of phenolic OH excluding ortho intramolecular Hbond substituents is 1. The first-order valence-electron chi connectivity index (χ1n) is 5.56. The number of nitrogens with two attached hydrogens (primary N) is 1. The van der Waals surface area contributed by atoms with Crippen molar-refractivity contribution in [1.29, 1.82) is 0 Å². The molecule has 0 heterocycles. The highest BCUT2D eigenvalue weighted by Crippen LogP contribution is 2.13. The van der Waals surface area contributed by atoms with Gasteiger partial charge in [-0.1, -0.05) is 12.8 Å². The molecule has 0 atom stereocenters. The Kier molecular flexibility index (Phi) is 5.63. The number of nitrogens with one attached hydrogen (secondary N) is 1. The summed E-state index contributed by atoms with van der Waals surface area (Å²) in [6, 6.07) is 7.15. The second-order valence-corrected chi connectivity index (χ2v) is 3.68. The van der Waals surface area contributed by atoms with Gasteiger partial charge in [0.1, 0.15) is 5.75 Å². The highest BCUT2D eigenvalue weighted by molar-refractivity contribution is 5.45. The first-order chi connectivity index (χ1) is 7.33. The summed E-state index contributed by atoms with van der Waals surface area (Å²) >= 11 is 0. The van der Waals surface area contributed by atoms with Crippen molar-refractivity contribution in [2.24, 2.45) is 5.73 Å². The van der Waals surface area contributed by atoms with Gasteiger partial charge in [0, 0.05) is 12.2 Å². The van der Waals surface area contributed by atoms with Gasteiger partial charge in [-0.15, -0.1) is 0 Å². The molecule has 1 aromatic rings. The summed E-state index contributed by atoms with van der Waals surface area (Å²) in [7, 11) is 0. The fourth-order valence-electron chi connectivity index (χ4n) is 1.43. The minimum Gasteiger partial charge on any atom is -0.508 e. The summed E-state index contributed by atoms with van der Waals surface area (Å²) < 4.78 is 0. The highest BCUT2D eigenvalue weighted by atomic mass is 16.3. The topological polar surface area (TPSA) is 58.3 Å². The van der Waals surface area contributed by atoms with Crippen molar-refractivity contribution in [3.8, 4) is 5.75 Å². The average Bonchev–Trinajstić information content (AvgIpc) is 2.26. The molecule has 3 heteroatoms.